The van der Waals surface area contributed by atoms with E-state index in [2.05, 4.69) is 4.74 Å². The first kappa shape index (κ1) is 9.45. The van der Waals surface area contributed by atoms with Gasteiger partial charge in [0, 0.05) is 6.54 Å². The predicted octanol–water partition coefficient (Wildman–Crippen LogP) is 0.626. The van der Waals surface area contributed by atoms with E-state index in [-0.39, 0.29) is 24.9 Å². The third kappa shape index (κ3) is 1.75. The summed E-state index contributed by atoms with van der Waals surface area (Å²) in [5.74, 6) is -0.605. The molecule has 0 heterocycles. The van der Waals surface area contributed by atoms with Crippen LogP contribution >= 0.6 is 0 Å². The number of alkyl halides is 1. The van der Waals surface area contributed by atoms with Crippen LogP contribution in [0.25, 0.3) is 0 Å². The molecule has 70 valence electrons. The van der Waals surface area contributed by atoms with E-state index in [0.717, 1.165) is 0 Å². The second-order valence-electron chi connectivity index (χ2n) is 3.32. The van der Waals surface area contributed by atoms with Gasteiger partial charge in [0.15, 0.2) is 0 Å². The molecule has 12 heavy (non-hydrogen) atoms. The summed E-state index contributed by atoms with van der Waals surface area (Å²) in [6.45, 7) is 0.000490. The summed E-state index contributed by atoms with van der Waals surface area (Å²) in [6, 6.07) is 0. The molecule has 0 aromatic heterocycles. The Hall–Kier alpha value is -0.640. The van der Waals surface area contributed by atoms with Crippen LogP contribution in [0.4, 0.5) is 4.39 Å². The molecule has 0 aliphatic heterocycles. The van der Waals surface area contributed by atoms with Crippen LogP contribution in [0.2, 0.25) is 0 Å². The Morgan fingerprint density at radius 1 is 1.83 bits per heavy atom. The summed E-state index contributed by atoms with van der Waals surface area (Å²) in [6.07, 6.45) is 1.15. The Morgan fingerprint density at radius 3 is 2.92 bits per heavy atom. The van der Waals surface area contributed by atoms with E-state index in [4.69, 9.17) is 5.73 Å². The summed E-state index contributed by atoms with van der Waals surface area (Å²) in [5, 5.41) is 0. The molecular weight excluding hydrogens is 161 g/mol. The first-order valence-electron chi connectivity index (χ1n) is 4.08. The zero-order valence-corrected chi connectivity index (χ0v) is 7.18. The first-order valence-corrected chi connectivity index (χ1v) is 4.08. The predicted molar refractivity (Wildman–Crippen MR) is 42.3 cm³/mol. The summed E-state index contributed by atoms with van der Waals surface area (Å²) in [4.78, 5) is 11.0. The van der Waals surface area contributed by atoms with Crippen LogP contribution in [-0.4, -0.2) is 25.3 Å². The maximum Gasteiger partial charge on any atom is 0.308 e. The Balaban J connectivity index is 2.50. The lowest BCUT2D eigenvalue weighted by Gasteiger charge is -2.15. The number of carbonyl (C=O) groups excluding carboxylic acids is 1. The van der Waals surface area contributed by atoms with Gasteiger partial charge in [0.25, 0.3) is 0 Å². The van der Waals surface area contributed by atoms with E-state index in [0.29, 0.717) is 12.8 Å². The van der Waals surface area contributed by atoms with Crippen molar-refractivity contribution in [2.24, 2.45) is 11.7 Å². The van der Waals surface area contributed by atoms with Gasteiger partial charge < -0.3 is 10.5 Å². The SMILES string of the molecule is COC(=O)C1CCC(F)(CN)C1. The lowest BCUT2D eigenvalue weighted by Crippen LogP contribution is -2.30. The van der Waals surface area contributed by atoms with Gasteiger partial charge in [-0.3, -0.25) is 4.79 Å². The zero-order chi connectivity index (χ0) is 9.19. The summed E-state index contributed by atoms with van der Waals surface area (Å²) < 4.78 is 18.0. The minimum absolute atomic E-state index is 0.000490. The average molecular weight is 175 g/mol. The van der Waals surface area contributed by atoms with Gasteiger partial charge in [-0.25, -0.2) is 4.39 Å². The molecule has 0 saturated heterocycles. The van der Waals surface area contributed by atoms with E-state index in [1.165, 1.54) is 7.11 Å². The zero-order valence-electron chi connectivity index (χ0n) is 7.18. The topological polar surface area (TPSA) is 52.3 Å². The largest absolute Gasteiger partial charge is 0.469 e. The van der Waals surface area contributed by atoms with E-state index in [1.54, 1.807) is 0 Å². The number of carbonyl (C=O) groups is 1. The van der Waals surface area contributed by atoms with Crippen LogP contribution in [0, 0.1) is 5.92 Å². The highest BCUT2D eigenvalue weighted by molar-refractivity contribution is 5.72. The fraction of sp³-hybridized carbons (Fsp3) is 0.875. The molecule has 0 aromatic carbocycles. The molecule has 3 nitrogen and oxygen atoms in total. The number of hydrogen-bond donors (Lipinski definition) is 1. The molecule has 1 saturated carbocycles. The normalized spacial score (nSPS) is 35.1. The quantitative estimate of drug-likeness (QED) is 0.626. The number of halogens is 1. The van der Waals surface area contributed by atoms with Crippen LogP contribution in [0.15, 0.2) is 0 Å². The molecule has 2 unspecified atom stereocenters. The molecule has 1 fully saturated rings. The molecule has 0 aromatic rings. The van der Waals surface area contributed by atoms with Gasteiger partial charge in [-0.1, -0.05) is 0 Å². The third-order valence-corrected chi connectivity index (χ3v) is 2.45. The lowest BCUT2D eigenvalue weighted by atomic mass is 10.0. The third-order valence-electron chi connectivity index (χ3n) is 2.45. The molecule has 0 radical (unpaired) electrons. The molecular formula is C8H14FNO2. The van der Waals surface area contributed by atoms with E-state index < -0.39 is 5.67 Å². The summed E-state index contributed by atoms with van der Waals surface area (Å²) in [5.41, 5.74) is 3.91. The first-order chi connectivity index (χ1) is 5.61. The molecule has 2 N–H and O–H groups in total. The van der Waals surface area contributed by atoms with Crippen molar-refractivity contribution >= 4 is 5.97 Å². The van der Waals surface area contributed by atoms with Gasteiger partial charge in [0.05, 0.1) is 13.0 Å². The van der Waals surface area contributed by atoms with Crippen molar-refractivity contribution < 1.29 is 13.9 Å². The smallest absolute Gasteiger partial charge is 0.308 e. The minimum atomic E-state index is -1.33. The van der Waals surface area contributed by atoms with Crippen LogP contribution < -0.4 is 5.73 Å². The number of rotatable bonds is 2. The molecule has 0 spiro atoms. The highest BCUT2D eigenvalue weighted by atomic mass is 19.1. The van der Waals surface area contributed by atoms with Crippen molar-refractivity contribution in [3.05, 3.63) is 0 Å². The molecule has 1 rings (SSSR count). The highest BCUT2D eigenvalue weighted by Gasteiger charge is 2.41. The van der Waals surface area contributed by atoms with Gasteiger partial charge in [0.1, 0.15) is 5.67 Å². The van der Waals surface area contributed by atoms with E-state index >= 15 is 0 Å². The molecule has 4 heteroatoms. The van der Waals surface area contributed by atoms with Gasteiger partial charge >= 0.3 is 5.97 Å². The van der Waals surface area contributed by atoms with Crippen LogP contribution in [0.5, 0.6) is 0 Å². The monoisotopic (exact) mass is 175 g/mol. The van der Waals surface area contributed by atoms with Crippen molar-refractivity contribution in [3.8, 4) is 0 Å². The van der Waals surface area contributed by atoms with Crippen molar-refractivity contribution in [1.29, 1.82) is 0 Å². The summed E-state index contributed by atoms with van der Waals surface area (Å²) in [7, 11) is 1.32. The lowest BCUT2D eigenvalue weighted by molar-refractivity contribution is -0.145. The fourth-order valence-electron chi connectivity index (χ4n) is 1.63. The molecule has 2 atom stereocenters. The molecule has 1 aliphatic rings. The molecule has 0 amide bonds. The van der Waals surface area contributed by atoms with Crippen molar-refractivity contribution in [3.63, 3.8) is 0 Å². The maximum absolute atomic E-state index is 13.5. The standard InChI is InChI=1S/C8H14FNO2/c1-12-7(11)6-2-3-8(9,4-6)5-10/h6H,2-5,10H2,1H3. The Morgan fingerprint density at radius 2 is 2.50 bits per heavy atom. The summed E-state index contributed by atoms with van der Waals surface area (Å²) >= 11 is 0. The fourth-order valence-corrected chi connectivity index (χ4v) is 1.63. The maximum atomic E-state index is 13.5. The van der Waals surface area contributed by atoms with Crippen molar-refractivity contribution in [2.75, 3.05) is 13.7 Å². The van der Waals surface area contributed by atoms with Gasteiger partial charge in [-0.05, 0) is 19.3 Å². The average Bonchev–Trinajstić information content (AvgIpc) is 2.48. The Labute approximate surface area is 71.1 Å². The Bertz CT molecular complexity index is 186. The minimum Gasteiger partial charge on any atom is -0.469 e. The number of esters is 1. The van der Waals surface area contributed by atoms with Gasteiger partial charge in [0.2, 0.25) is 0 Å². The van der Waals surface area contributed by atoms with Crippen LogP contribution in [0.3, 0.4) is 0 Å². The highest BCUT2D eigenvalue weighted by Crippen LogP contribution is 2.37. The van der Waals surface area contributed by atoms with Crippen LogP contribution in [0.1, 0.15) is 19.3 Å². The van der Waals surface area contributed by atoms with E-state index in [9.17, 15) is 9.18 Å². The number of ether oxygens (including phenoxy) is 1. The van der Waals surface area contributed by atoms with Gasteiger partial charge in [-0.15, -0.1) is 0 Å². The molecule has 1 aliphatic carbocycles. The number of nitrogens with two attached hydrogens (primary N) is 1. The van der Waals surface area contributed by atoms with Crippen molar-refractivity contribution in [2.45, 2.75) is 24.9 Å². The number of hydrogen-bond acceptors (Lipinski definition) is 3. The molecule has 0 bridgehead atoms. The van der Waals surface area contributed by atoms with Gasteiger partial charge in [-0.2, -0.15) is 0 Å². The Kier molecular flexibility index (Phi) is 2.67. The van der Waals surface area contributed by atoms with Crippen molar-refractivity contribution in [1.82, 2.24) is 0 Å². The van der Waals surface area contributed by atoms with E-state index in [1.807, 2.05) is 0 Å². The van der Waals surface area contributed by atoms with Crippen LogP contribution in [-0.2, 0) is 9.53 Å². The second-order valence-corrected chi connectivity index (χ2v) is 3.32. The second kappa shape index (κ2) is 3.39. The number of methoxy groups -OCH3 is 1.